The minimum atomic E-state index is -0.700. The van der Waals surface area contributed by atoms with Gasteiger partial charge in [0, 0.05) is 17.0 Å². The fraction of sp³-hybridized carbons (Fsp3) is 0.118. The first-order valence-electron chi connectivity index (χ1n) is 7.04. The fourth-order valence-electron chi connectivity index (χ4n) is 2.19. The van der Waals surface area contributed by atoms with E-state index in [9.17, 15) is 14.4 Å². The van der Waals surface area contributed by atoms with Crippen LogP contribution in [0.1, 0.15) is 26.8 Å². The summed E-state index contributed by atoms with van der Waals surface area (Å²) in [5.41, 5.74) is 0.309. The Morgan fingerprint density at radius 2 is 1.92 bits per heavy atom. The number of fused-ring (bicyclic) bond motifs is 1. The van der Waals surface area contributed by atoms with E-state index in [1.54, 1.807) is 24.3 Å². The van der Waals surface area contributed by atoms with Crippen LogP contribution in [0.5, 0.6) is 0 Å². The molecule has 122 valence electrons. The summed E-state index contributed by atoms with van der Waals surface area (Å²) in [7, 11) is 1.24. The van der Waals surface area contributed by atoms with Gasteiger partial charge in [-0.2, -0.15) is 0 Å². The Labute approximate surface area is 135 Å². The van der Waals surface area contributed by atoms with E-state index in [-0.39, 0.29) is 29.3 Å². The second-order valence-electron chi connectivity index (χ2n) is 4.93. The molecule has 3 aromatic rings. The number of rotatable bonds is 4. The summed E-state index contributed by atoms with van der Waals surface area (Å²) in [6, 6.07) is 11.0. The monoisotopic (exact) mass is 327 g/mol. The second-order valence-corrected chi connectivity index (χ2v) is 4.93. The van der Waals surface area contributed by atoms with E-state index in [4.69, 9.17) is 9.15 Å². The molecule has 0 aliphatic carbocycles. The Kier molecular flexibility index (Phi) is 4.15. The van der Waals surface area contributed by atoms with Crippen molar-refractivity contribution in [2.24, 2.45) is 0 Å². The average Bonchev–Trinajstić information content (AvgIpc) is 3.08. The molecule has 0 bridgehead atoms. The summed E-state index contributed by atoms with van der Waals surface area (Å²) < 4.78 is 14.8. The number of para-hydroxylation sites is 1. The lowest BCUT2D eigenvalue weighted by Gasteiger charge is -2.04. The zero-order chi connectivity index (χ0) is 17.1. The first-order chi connectivity index (χ1) is 11.6. The number of nitrogens with one attached hydrogen (secondary N) is 1. The van der Waals surface area contributed by atoms with Crippen molar-refractivity contribution in [3.8, 4) is 0 Å². The predicted molar refractivity (Wildman–Crippen MR) is 83.7 cm³/mol. The summed E-state index contributed by atoms with van der Waals surface area (Å²) in [4.78, 5) is 38.2. The standard InChI is InChI=1S/C17H13NO6/c1-22-17(21)15-7-6-10(24-15)9-23-16(20)13-8-14(19)11-4-2-3-5-12(11)18-13/h2-8H,9H2,1H3,(H,18,19). The molecule has 0 atom stereocenters. The van der Waals surface area contributed by atoms with Gasteiger partial charge in [-0.1, -0.05) is 12.1 Å². The van der Waals surface area contributed by atoms with Crippen molar-refractivity contribution in [1.29, 1.82) is 0 Å². The van der Waals surface area contributed by atoms with Crippen LogP contribution in [0.4, 0.5) is 0 Å². The molecule has 0 aliphatic heterocycles. The molecule has 0 spiro atoms. The quantitative estimate of drug-likeness (QED) is 0.738. The van der Waals surface area contributed by atoms with E-state index >= 15 is 0 Å². The van der Waals surface area contributed by atoms with E-state index in [0.29, 0.717) is 10.9 Å². The molecule has 0 fully saturated rings. The highest BCUT2D eigenvalue weighted by molar-refractivity contribution is 5.91. The van der Waals surface area contributed by atoms with Crippen molar-refractivity contribution >= 4 is 22.8 Å². The highest BCUT2D eigenvalue weighted by Crippen LogP contribution is 2.12. The van der Waals surface area contributed by atoms with Crippen molar-refractivity contribution < 1.29 is 23.5 Å². The maximum Gasteiger partial charge on any atom is 0.373 e. The Balaban J connectivity index is 1.74. The summed E-state index contributed by atoms with van der Waals surface area (Å²) >= 11 is 0. The number of aromatic amines is 1. The number of esters is 2. The molecule has 1 N–H and O–H groups in total. The van der Waals surface area contributed by atoms with Gasteiger partial charge in [0.1, 0.15) is 18.1 Å². The molecule has 0 saturated carbocycles. The summed E-state index contributed by atoms with van der Waals surface area (Å²) in [6.07, 6.45) is 0. The van der Waals surface area contributed by atoms with Crippen molar-refractivity contribution in [3.63, 3.8) is 0 Å². The van der Waals surface area contributed by atoms with Crippen molar-refractivity contribution in [2.45, 2.75) is 6.61 Å². The van der Waals surface area contributed by atoms with Crippen molar-refractivity contribution in [1.82, 2.24) is 4.98 Å². The minimum absolute atomic E-state index is 0.0164. The van der Waals surface area contributed by atoms with Gasteiger partial charge in [-0.05, 0) is 24.3 Å². The number of carbonyl (C=O) groups is 2. The van der Waals surface area contributed by atoms with E-state index in [2.05, 4.69) is 9.72 Å². The third-order valence-corrected chi connectivity index (χ3v) is 3.35. The van der Waals surface area contributed by atoms with Crippen LogP contribution >= 0.6 is 0 Å². The lowest BCUT2D eigenvalue weighted by Crippen LogP contribution is -2.12. The van der Waals surface area contributed by atoms with Gasteiger partial charge >= 0.3 is 11.9 Å². The van der Waals surface area contributed by atoms with E-state index in [0.717, 1.165) is 0 Å². The Hall–Kier alpha value is -3.35. The van der Waals surface area contributed by atoms with E-state index in [1.807, 2.05) is 0 Å². The molecule has 0 radical (unpaired) electrons. The van der Waals surface area contributed by atoms with Crippen LogP contribution in [0.2, 0.25) is 0 Å². The van der Waals surface area contributed by atoms with Crippen LogP contribution in [0.25, 0.3) is 10.9 Å². The van der Waals surface area contributed by atoms with Crippen LogP contribution < -0.4 is 5.43 Å². The average molecular weight is 327 g/mol. The fourth-order valence-corrected chi connectivity index (χ4v) is 2.19. The molecule has 1 aromatic carbocycles. The number of carbonyl (C=O) groups excluding carboxylic acids is 2. The topological polar surface area (TPSA) is 98.6 Å². The number of furan rings is 1. The summed E-state index contributed by atoms with van der Waals surface area (Å²) in [6.45, 7) is -0.176. The second kappa shape index (κ2) is 6.41. The number of hydrogen-bond acceptors (Lipinski definition) is 6. The lowest BCUT2D eigenvalue weighted by atomic mass is 10.2. The lowest BCUT2D eigenvalue weighted by molar-refractivity contribution is 0.0432. The Bertz CT molecular complexity index is 968. The van der Waals surface area contributed by atoms with Crippen LogP contribution in [0, 0.1) is 0 Å². The van der Waals surface area contributed by atoms with Gasteiger partial charge in [-0.15, -0.1) is 0 Å². The number of pyridine rings is 1. The van der Waals surface area contributed by atoms with Crippen LogP contribution in [-0.4, -0.2) is 24.0 Å². The largest absolute Gasteiger partial charge is 0.463 e. The molecule has 2 heterocycles. The third kappa shape index (κ3) is 3.05. The van der Waals surface area contributed by atoms with Gasteiger partial charge in [0.05, 0.1) is 7.11 Å². The van der Waals surface area contributed by atoms with Crippen LogP contribution in [-0.2, 0) is 16.1 Å². The first-order valence-corrected chi connectivity index (χ1v) is 7.04. The predicted octanol–water partition coefficient (Wildman–Crippen LogP) is 2.26. The zero-order valence-electron chi connectivity index (χ0n) is 12.7. The molecule has 0 aliphatic rings. The maximum absolute atomic E-state index is 12.1. The molecule has 24 heavy (non-hydrogen) atoms. The normalized spacial score (nSPS) is 10.5. The number of hydrogen-bond donors (Lipinski definition) is 1. The van der Waals surface area contributed by atoms with Gasteiger partial charge in [0.2, 0.25) is 5.76 Å². The summed E-state index contributed by atoms with van der Waals surface area (Å²) in [5.74, 6) is -1.02. The number of ether oxygens (including phenoxy) is 2. The number of benzene rings is 1. The highest BCUT2D eigenvalue weighted by Gasteiger charge is 2.14. The smallest absolute Gasteiger partial charge is 0.373 e. The SMILES string of the molecule is COC(=O)c1ccc(COC(=O)c2cc(=O)c3ccccc3[nH]2)o1. The van der Waals surface area contributed by atoms with Crippen molar-refractivity contribution in [3.05, 3.63) is 69.9 Å². The van der Waals surface area contributed by atoms with E-state index < -0.39 is 11.9 Å². The van der Waals surface area contributed by atoms with Crippen LogP contribution in [0.3, 0.4) is 0 Å². The van der Waals surface area contributed by atoms with Crippen molar-refractivity contribution in [2.75, 3.05) is 7.11 Å². The maximum atomic E-state index is 12.1. The Morgan fingerprint density at radius 1 is 1.12 bits per heavy atom. The van der Waals surface area contributed by atoms with Gasteiger partial charge in [0.15, 0.2) is 5.43 Å². The molecule has 7 heteroatoms. The van der Waals surface area contributed by atoms with Gasteiger partial charge in [-0.3, -0.25) is 4.79 Å². The molecular formula is C17H13NO6. The Morgan fingerprint density at radius 3 is 2.71 bits per heavy atom. The molecule has 0 amide bonds. The molecule has 0 unspecified atom stereocenters. The van der Waals surface area contributed by atoms with Gasteiger partial charge in [-0.25, -0.2) is 9.59 Å². The third-order valence-electron chi connectivity index (χ3n) is 3.35. The number of H-pyrrole nitrogens is 1. The molecule has 2 aromatic heterocycles. The van der Waals surface area contributed by atoms with Gasteiger partial charge < -0.3 is 18.9 Å². The molecular weight excluding hydrogens is 314 g/mol. The molecule has 3 rings (SSSR count). The number of aromatic nitrogens is 1. The summed E-state index contributed by atoms with van der Waals surface area (Å²) in [5, 5.41) is 0.489. The van der Waals surface area contributed by atoms with Crippen LogP contribution in [0.15, 0.2) is 51.7 Å². The highest BCUT2D eigenvalue weighted by atomic mass is 16.6. The molecule has 0 saturated heterocycles. The van der Waals surface area contributed by atoms with E-state index in [1.165, 1.54) is 25.3 Å². The minimum Gasteiger partial charge on any atom is -0.463 e. The number of methoxy groups -OCH3 is 1. The molecule has 7 nitrogen and oxygen atoms in total. The zero-order valence-corrected chi connectivity index (χ0v) is 12.7. The first kappa shape index (κ1) is 15.5. The van der Waals surface area contributed by atoms with Gasteiger partial charge in [0.25, 0.3) is 0 Å².